The number of carbonyl (C=O) groups is 2. The van der Waals surface area contributed by atoms with Crippen LogP contribution in [0.5, 0.6) is 0 Å². The van der Waals surface area contributed by atoms with Crippen molar-refractivity contribution in [3.63, 3.8) is 0 Å². The number of rotatable bonds is 3. The fraction of sp³-hybridized carbons (Fsp3) is 0.240. The van der Waals surface area contributed by atoms with E-state index in [1.165, 1.54) is 0 Å². The molecule has 0 bridgehead atoms. The lowest BCUT2D eigenvalue weighted by atomic mass is 9.75. The topological polar surface area (TPSA) is 127 Å². The third-order valence-corrected chi connectivity index (χ3v) is 7.85. The van der Waals surface area contributed by atoms with Crippen LogP contribution in [0.1, 0.15) is 37.3 Å². The Labute approximate surface area is 209 Å². The van der Waals surface area contributed by atoms with E-state index in [9.17, 15) is 9.59 Å². The lowest BCUT2D eigenvalue weighted by Crippen LogP contribution is -2.49. The molecular weight excluding hydrogens is 510 g/mol. The van der Waals surface area contributed by atoms with E-state index in [0.29, 0.717) is 41.6 Å². The number of carbonyl (C=O) groups excluding carboxylic acids is 2. The number of nitrogens with zero attached hydrogens (tertiary/aromatic N) is 4. The van der Waals surface area contributed by atoms with E-state index in [0.717, 1.165) is 28.1 Å². The molecule has 1 aromatic carbocycles. The van der Waals surface area contributed by atoms with Crippen molar-refractivity contribution in [2.45, 2.75) is 37.1 Å². The van der Waals surface area contributed by atoms with Crippen molar-refractivity contribution in [1.82, 2.24) is 30.2 Å². The molecule has 4 N–H and O–H groups in total. The van der Waals surface area contributed by atoms with Gasteiger partial charge in [-0.25, -0.2) is 9.78 Å². The average Bonchev–Trinajstić information content (AvgIpc) is 3.43. The molecule has 176 valence electrons. The number of halogens is 1. The van der Waals surface area contributed by atoms with E-state index in [-0.39, 0.29) is 11.8 Å². The van der Waals surface area contributed by atoms with Crippen molar-refractivity contribution in [3.8, 4) is 22.4 Å². The van der Waals surface area contributed by atoms with Crippen molar-refractivity contribution in [1.29, 1.82) is 0 Å². The van der Waals surface area contributed by atoms with Crippen LogP contribution in [0.3, 0.4) is 0 Å². The summed E-state index contributed by atoms with van der Waals surface area (Å²) in [6, 6.07) is 13.6. The molecule has 3 amide bonds. The molecule has 6 rings (SSSR count). The second-order valence-corrected chi connectivity index (χ2v) is 9.85. The van der Waals surface area contributed by atoms with E-state index >= 15 is 0 Å². The van der Waals surface area contributed by atoms with Gasteiger partial charge in [0, 0.05) is 28.8 Å². The molecule has 4 heterocycles. The van der Waals surface area contributed by atoms with Gasteiger partial charge in [-0.05, 0) is 47.7 Å². The van der Waals surface area contributed by atoms with Gasteiger partial charge in [-0.1, -0.05) is 36.4 Å². The van der Waals surface area contributed by atoms with Gasteiger partial charge in [-0.15, -0.1) is 0 Å². The Morgan fingerprint density at radius 2 is 1.80 bits per heavy atom. The summed E-state index contributed by atoms with van der Waals surface area (Å²) >= 11 is 3.62. The number of hydrogen-bond donors (Lipinski definition) is 3. The normalized spacial score (nSPS) is 21.9. The van der Waals surface area contributed by atoms with Crippen LogP contribution in [-0.4, -0.2) is 37.1 Å². The molecule has 10 heteroatoms. The number of urea groups is 1. The first-order valence-corrected chi connectivity index (χ1v) is 12.2. The standard InChI is InChI=1S/C25H22BrN7O2/c26-19-20(15-8-10-25(11-9-15)23(34)31-24(35)32-25)30-22-17(13-29-33(22)21(19)27)16-6-7-18(28-12-16)14-4-2-1-3-5-14/h1-7,12-13,15H,8-11,27H2,(H2,31,32,34,35). The Morgan fingerprint density at radius 1 is 1.03 bits per heavy atom. The van der Waals surface area contributed by atoms with E-state index < -0.39 is 11.6 Å². The van der Waals surface area contributed by atoms with Crippen LogP contribution in [0.2, 0.25) is 0 Å². The highest BCUT2D eigenvalue weighted by atomic mass is 79.9. The van der Waals surface area contributed by atoms with Crippen LogP contribution < -0.4 is 16.4 Å². The Hall–Kier alpha value is -3.79. The lowest BCUT2D eigenvalue weighted by Gasteiger charge is -2.34. The van der Waals surface area contributed by atoms with Gasteiger partial charge in [0.25, 0.3) is 5.91 Å². The van der Waals surface area contributed by atoms with Crippen LogP contribution in [0.15, 0.2) is 59.3 Å². The molecule has 1 saturated heterocycles. The van der Waals surface area contributed by atoms with Crippen molar-refractivity contribution in [3.05, 3.63) is 65.0 Å². The quantitative estimate of drug-likeness (QED) is 0.342. The number of aromatic nitrogens is 4. The molecule has 2 aliphatic rings. The monoisotopic (exact) mass is 531 g/mol. The zero-order valence-electron chi connectivity index (χ0n) is 18.7. The van der Waals surface area contributed by atoms with Gasteiger partial charge in [-0.3, -0.25) is 15.1 Å². The van der Waals surface area contributed by atoms with Crippen LogP contribution in [0.4, 0.5) is 10.6 Å². The van der Waals surface area contributed by atoms with Crippen molar-refractivity contribution in [2.24, 2.45) is 0 Å². The summed E-state index contributed by atoms with van der Waals surface area (Å²) in [5, 5.41) is 9.64. The fourth-order valence-electron chi connectivity index (χ4n) is 5.08. The maximum absolute atomic E-state index is 12.3. The summed E-state index contributed by atoms with van der Waals surface area (Å²) in [6.45, 7) is 0. The summed E-state index contributed by atoms with van der Waals surface area (Å²) in [6.07, 6.45) is 6.07. The maximum atomic E-state index is 12.3. The molecule has 2 fully saturated rings. The predicted molar refractivity (Wildman–Crippen MR) is 134 cm³/mol. The van der Waals surface area contributed by atoms with Crippen LogP contribution >= 0.6 is 15.9 Å². The number of amides is 3. The minimum atomic E-state index is -0.816. The molecule has 0 unspecified atom stereocenters. The van der Waals surface area contributed by atoms with Crippen molar-refractivity contribution >= 4 is 39.3 Å². The second-order valence-electron chi connectivity index (χ2n) is 9.05. The molecule has 0 atom stereocenters. The highest BCUT2D eigenvalue weighted by Gasteiger charge is 2.48. The molecule has 35 heavy (non-hydrogen) atoms. The molecule has 0 radical (unpaired) electrons. The highest BCUT2D eigenvalue weighted by molar-refractivity contribution is 9.10. The van der Waals surface area contributed by atoms with Gasteiger partial charge in [-0.2, -0.15) is 9.61 Å². The molecule has 1 aliphatic carbocycles. The Kier molecular flexibility index (Phi) is 5.06. The minimum Gasteiger partial charge on any atom is -0.383 e. The number of nitrogens with two attached hydrogens (primary N) is 1. The summed E-state index contributed by atoms with van der Waals surface area (Å²) in [4.78, 5) is 33.6. The predicted octanol–water partition coefficient (Wildman–Crippen LogP) is 4.04. The number of fused-ring (bicyclic) bond motifs is 1. The van der Waals surface area contributed by atoms with Gasteiger partial charge in [0.15, 0.2) is 5.65 Å². The number of pyridine rings is 1. The van der Waals surface area contributed by atoms with Gasteiger partial charge in [0.1, 0.15) is 11.4 Å². The number of hydrogen-bond acceptors (Lipinski definition) is 6. The van der Waals surface area contributed by atoms with E-state index in [2.05, 4.69) is 36.6 Å². The third-order valence-electron chi connectivity index (χ3n) is 7.03. The number of anilines is 1. The molecule has 1 saturated carbocycles. The summed E-state index contributed by atoms with van der Waals surface area (Å²) < 4.78 is 2.33. The molecule has 1 aliphatic heterocycles. The fourth-order valence-corrected chi connectivity index (χ4v) is 5.66. The van der Waals surface area contributed by atoms with Gasteiger partial charge in [0.05, 0.1) is 22.1 Å². The number of nitrogen functional groups attached to an aromatic ring is 1. The summed E-state index contributed by atoms with van der Waals surface area (Å²) in [5.41, 5.74) is 10.8. The number of benzene rings is 1. The third kappa shape index (κ3) is 3.56. The molecule has 9 nitrogen and oxygen atoms in total. The van der Waals surface area contributed by atoms with Crippen molar-refractivity contribution < 1.29 is 9.59 Å². The molecule has 3 aromatic heterocycles. The van der Waals surface area contributed by atoms with Gasteiger partial charge >= 0.3 is 6.03 Å². The number of nitrogens with one attached hydrogen (secondary N) is 2. The lowest BCUT2D eigenvalue weighted by molar-refractivity contribution is -0.125. The van der Waals surface area contributed by atoms with Crippen LogP contribution in [0.25, 0.3) is 28.0 Å². The smallest absolute Gasteiger partial charge is 0.322 e. The molecule has 1 spiro atoms. The van der Waals surface area contributed by atoms with E-state index in [1.807, 2.05) is 48.7 Å². The van der Waals surface area contributed by atoms with E-state index in [4.69, 9.17) is 10.7 Å². The van der Waals surface area contributed by atoms with Crippen LogP contribution in [0, 0.1) is 0 Å². The van der Waals surface area contributed by atoms with Gasteiger partial charge < -0.3 is 11.1 Å². The zero-order valence-corrected chi connectivity index (χ0v) is 20.2. The minimum absolute atomic E-state index is 0.0916. The van der Waals surface area contributed by atoms with Crippen LogP contribution in [-0.2, 0) is 4.79 Å². The van der Waals surface area contributed by atoms with E-state index in [1.54, 1.807) is 10.7 Å². The second kappa shape index (κ2) is 8.16. The maximum Gasteiger partial charge on any atom is 0.322 e. The first kappa shape index (κ1) is 21.7. The first-order chi connectivity index (χ1) is 16.9. The number of imide groups is 1. The van der Waals surface area contributed by atoms with Gasteiger partial charge in [0.2, 0.25) is 0 Å². The first-order valence-electron chi connectivity index (χ1n) is 11.4. The summed E-state index contributed by atoms with van der Waals surface area (Å²) in [5.74, 6) is 0.318. The summed E-state index contributed by atoms with van der Waals surface area (Å²) in [7, 11) is 0. The Bertz CT molecular complexity index is 1460. The average molecular weight is 532 g/mol. The Balaban J connectivity index is 1.33. The highest BCUT2D eigenvalue weighted by Crippen LogP contribution is 2.42. The SMILES string of the molecule is Nc1c(Br)c(C2CCC3(CC2)NC(=O)NC3=O)nc2c(-c3ccc(-c4ccccc4)nc3)cnn12. The Morgan fingerprint density at radius 3 is 2.46 bits per heavy atom. The molecule has 4 aromatic rings. The van der Waals surface area contributed by atoms with Crippen molar-refractivity contribution in [2.75, 3.05) is 5.73 Å². The zero-order chi connectivity index (χ0) is 24.2. The molecular formula is C25H22BrN7O2. The largest absolute Gasteiger partial charge is 0.383 e.